The normalized spacial score (nSPS) is 12.9. The van der Waals surface area contributed by atoms with Crippen LogP contribution in [0.25, 0.3) is 10.9 Å². The Labute approximate surface area is 167 Å². The van der Waals surface area contributed by atoms with Crippen molar-refractivity contribution in [3.8, 4) is 0 Å². The lowest BCUT2D eigenvalue weighted by Gasteiger charge is -2.25. The molecule has 29 heavy (non-hydrogen) atoms. The number of para-hydroxylation sites is 2. The molecule has 1 amide bonds. The van der Waals surface area contributed by atoms with Gasteiger partial charge in [-0.05, 0) is 48.2 Å². The molecule has 2 heterocycles. The number of rotatable bonds is 2. The van der Waals surface area contributed by atoms with Gasteiger partial charge in [0.1, 0.15) is 12.1 Å². The zero-order valence-corrected chi connectivity index (χ0v) is 15.7. The number of anilines is 2. The molecule has 0 saturated heterocycles. The SMILES string of the molecule is O=C(Cn1nnc2ccccc2c1=O)N1c2ccccc2CCc2ccccc21. The third-order valence-electron chi connectivity index (χ3n) is 5.29. The summed E-state index contributed by atoms with van der Waals surface area (Å²) in [4.78, 5) is 27.9. The average Bonchev–Trinajstić information content (AvgIpc) is 2.93. The monoisotopic (exact) mass is 382 g/mol. The van der Waals surface area contributed by atoms with Crippen LogP contribution >= 0.6 is 0 Å². The van der Waals surface area contributed by atoms with Crippen molar-refractivity contribution in [2.75, 3.05) is 4.90 Å². The Morgan fingerprint density at radius 2 is 1.41 bits per heavy atom. The number of aryl methyl sites for hydroxylation is 2. The van der Waals surface area contributed by atoms with E-state index in [1.54, 1.807) is 29.2 Å². The Morgan fingerprint density at radius 1 is 0.828 bits per heavy atom. The van der Waals surface area contributed by atoms with Crippen LogP contribution in [-0.2, 0) is 24.2 Å². The molecule has 5 rings (SSSR count). The molecule has 0 spiro atoms. The largest absolute Gasteiger partial charge is 0.279 e. The molecule has 0 radical (unpaired) electrons. The van der Waals surface area contributed by atoms with Gasteiger partial charge in [0, 0.05) is 0 Å². The summed E-state index contributed by atoms with van der Waals surface area (Å²) < 4.78 is 1.14. The molecular weight excluding hydrogens is 364 g/mol. The predicted molar refractivity (Wildman–Crippen MR) is 111 cm³/mol. The molecule has 3 aromatic carbocycles. The van der Waals surface area contributed by atoms with Crippen molar-refractivity contribution in [3.05, 3.63) is 94.3 Å². The van der Waals surface area contributed by atoms with E-state index in [1.807, 2.05) is 48.5 Å². The summed E-state index contributed by atoms with van der Waals surface area (Å²) in [6.07, 6.45) is 1.71. The summed E-state index contributed by atoms with van der Waals surface area (Å²) in [6, 6.07) is 22.8. The van der Waals surface area contributed by atoms with Crippen molar-refractivity contribution in [2.45, 2.75) is 19.4 Å². The van der Waals surface area contributed by atoms with Gasteiger partial charge < -0.3 is 0 Å². The van der Waals surface area contributed by atoms with Gasteiger partial charge in [-0.1, -0.05) is 53.7 Å². The summed E-state index contributed by atoms with van der Waals surface area (Å²) in [6.45, 7) is -0.181. The lowest BCUT2D eigenvalue weighted by molar-refractivity contribution is -0.118. The fourth-order valence-electron chi connectivity index (χ4n) is 3.87. The number of hydrogen-bond donors (Lipinski definition) is 0. The Balaban J connectivity index is 1.60. The average molecular weight is 382 g/mol. The maximum atomic E-state index is 13.4. The highest BCUT2D eigenvalue weighted by molar-refractivity contribution is 6.02. The summed E-state index contributed by atoms with van der Waals surface area (Å²) in [7, 11) is 0. The fraction of sp³-hybridized carbons (Fsp3) is 0.130. The first kappa shape index (κ1) is 17.3. The minimum atomic E-state index is -0.319. The number of amides is 1. The van der Waals surface area contributed by atoms with E-state index in [2.05, 4.69) is 10.3 Å². The summed E-state index contributed by atoms with van der Waals surface area (Å²) >= 11 is 0. The third kappa shape index (κ3) is 2.99. The Bertz CT molecular complexity index is 1250. The van der Waals surface area contributed by atoms with Crippen LogP contribution in [0.1, 0.15) is 11.1 Å². The minimum Gasteiger partial charge on any atom is -0.279 e. The van der Waals surface area contributed by atoms with Gasteiger partial charge in [-0.25, -0.2) is 4.68 Å². The number of carbonyl (C=O) groups is 1. The predicted octanol–water partition coefficient (Wildman–Crippen LogP) is 3.26. The Kier molecular flexibility index (Phi) is 4.17. The second-order valence-corrected chi connectivity index (χ2v) is 7.06. The summed E-state index contributed by atoms with van der Waals surface area (Å²) in [5.74, 6) is -0.224. The first-order chi connectivity index (χ1) is 14.2. The first-order valence-corrected chi connectivity index (χ1v) is 9.54. The van der Waals surface area contributed by atoms with Gasteiger partial charge in [0.15, 0.2) is 0 Å². The molecule has 6 heteroatoms. The number of fused-ring (bicyclic) bond motifs is 3. The van der Waals surface area contributed by atoms with E-state index in [0.29, 0.717) is 10.9 Å². The van der Waals surface area contributed by atoms with Crippen molar-refractivity contribution in [1.29, 1.82) is 0 Å². The molecule has 0 atom stereocenters. The van der Waals surface area contributed by atoms with E-state index in [4.69, 9.17) is 0 Å². The minimum absolute atomic E-state index is 0.181. The molecule has 0 saturated carbocycles. The van der Waals surface area contributed by atoms with E-state index >= 15 is 0 Å². The standard InChI is InChI=1S/C23H18N4O2/c28-22(15-26-23(29)18-9-3-4-10-19(18)24-25-26)27-20-11-5-1-7-16(20)13-14-17-8-2-6-12-21(17)27/h1-12H,13-15H2. The molecule has 0 fully saturated rings. The molecule has 0 aliphatic carbocycles. The van der Waals surface area contributed by atoms with Crippen LogP contribution in [0.3, 0.4) is 0 Å². The van der Waals surface area contributed by atoms with E-state index in [-0.39, 0.29) is 18.0 Å². The van der Waals surface area contributed by atoms with E-state index in [1.165, 1.54) is 0 Å². The van der Waals surface area contributed by atoms with Crippen LogP contribution in [0.15, 0.2) is 77.6 Å². The smallest absolute Gasteiger partial charge is 0.278 e. The maximum absolute atomic E-state index is 13.4. The number of hydrogen-bond acceptors (Lipinski definition) is 4. The van der Waals surface area contributed by atoms with Crippen LogP contribution < -0.4 is 10.5 Å². The molecule has 0 bridgehead atoms. The maximum Gasteiger partial charge on any atom is 0.278 e. The van der Waals surface area contributed by atoms with Crippen molar-refractivity contribution in [2.24, 2.45) is 0 Å². The van der Waals surface area contributed by atoms with E-state index < -0.39 is 0 Å². The zero-order chi connectivity index (χ0) is 19.8. The quantitative estimate of drug-likeness (QED) is 0.534. The van der Waals surface area contributed by atoms with Gasteiger partial charge in [-0.15, -0.1) is 5.10 Å². The van der Waals surface area contributed by atoms with Crippen LogP contribution in [0.5, 0.6) is 0 Å². The lowest BCUT2D eigenvalue weighted by Crippen LogP contribution is -2.35. The molecule has 1 aliphatic heterocycles. The Morgan fingerprint density at radius 3 is 2.10 bits per heavy atom. The lowest BCUT2D eigenvalue weighted by atomic mass is 10.0. The van der Waals surface area contributed by atoms with Crippen LogP contribution in [0, 0.1) is 0 Å². The second kappa shape index (κ2) is 6.98. The zero-order valence-electron chi connectivity index (χ0n) is 15.7. The molecule has 142 valence electrons. The van der Waals surface area contributed by atoms with Gasteiger partial charge in [-0.3, -0.25) is 14.5 Å². The van der Waals surface area contributed by atoms with E-state index in [0.717, 1.165) is 40.0 Å². The number of benzene rings is 3. The molecule has 6 nitrogen and oxygen atoms in total. The number of carbonyl (C=O) groups excluding carboxylic acids is 1. The van der Waals surface area contributed by atoms with Crippen molar-refractivity contribution in [1.82, 2.24) is 15.0 Å². The van der Waals surface area contributed by atoms with Crippen LogP contribution in [-0.4, -0.2) is 20.9 Å². The highest BCUT2D eigenvalue weighted by Gasteiger charge is 2.26. The van der Waals surface area contributed by atoms with Gasteiger partial charge >= 0.3 is 0 Å². The summed E-state index contributed by atoms with van der Waals surface area (Å²) in [5, 5.41) is 8.52. The van der Waals surface area contributed by atoms with E-state index in [9.17, 15) is 9.59 Å². The number of aromatic nitrogens is 3. The first-order valence-electron chi connectivity index (χ1n) is 9.54. The van der Waals surface area contributed by atoms with Crippen LogP contribution in [0.4, 0.5) is 11.4 Å². The van der Waals surface area contributed by atoms with Crippen LogP contribution in [0.2, 0.25) is 0 Å². The highest BCUT2D eigenvalue weighted by atomic mass is 16.2. The van der Waals surface area contributed by atoms with Gasteiger partial charge in [0.25, 0.3) is 11.5 Å². The third-order valence-corrected chi connectivity index (χ3v) is 5.29. The molecule has 0 unspecified atom stereocenters. The molecule has 1 aliphatic rings. The van der Waals surface area contributed by atoms with Crippen molar-refractivity contribution in [3.63, 3.8) is 0 Å². The molecule has 0 N–H and O–H groups in total. The molecule has 1 aromatic heterocycles. The molecular formula is C23H18N4O2. The van der Waals surface area contributed by atoms with Gasteiger partial charge in [-0.2, -0.15) is 0 Å². The Hall–Kier alpha value is -3.80. The van der Waals surface area contributed by atoms with Gasteiger partial charge in [0.05, 0.1) is 16.8 Å². The van der Waals surface area contributed by atoms with Gasteiger partial charge in [0.2, 0.25) is 0 Å². The topological polar surface area (TPSA) is 68.1 Å². The highest BCUT2D eigenvalue weighted by Crippen LogP contribution is 2.36. The van der Waals surface area contributed by atoms with Crippen molar-refractivity contribution >= 4 is 28.2 Å². The second-order valence-electron chi connectivity index (χ2n) is 7.06. The fourth-order valence-corrected chi connectivity index (χ4v) is 3.87. The molecule has 4 aromatic rings. The van der Waals surface area contributed by atoms with Crippen molar-refractivity contribution < 1.29 is 4.79 Å². The summed E-state index contributed by atoms with van der Waals surface area (Å²) in [5.41, 5.74) is 4.11. The number of nitrogens with zero attached hydrogens (tertiary/aromatic N) is 4.